The molecule has 0 saturated heterocycles. The Bertz CT molecular complexity index is 4970. The zero-order valence-electron chi connectivity index (χ0n) is 48.0. The summed E-state index contributed by atoms with van der Waals surface area (Å²) in [7, 11) is 0. The van der Waals surface area contributed by atoms with Gasteiger partial charge >= 0.3 is 0 Å². The van der Waals surface area contributed by atoms with Crippen LogP contribution in [0.5, 0.6) is 0 Å². The maximum Gasteiger partial charge on any atom is 0.252 e. The molecule has 88 heavy (non-hydrogen) atoms. The molecule has 0 spiro atoms. The third-order valence-corrected chi connectivity index (χ3v) is 17.8. The Kier molecular flexibility index (Phi) is 12.2. The third-order valence-electron chi connectivity index (χ3n) is 17.8. The van der Waals surface area contributed by atoms with Gasteiger partial charge in [0, 0.05) is 67.0 Å². The average Bonchev–Trinajstić information content (AvgIpc) is 1.13. The molecule has 17 rings (SSSR count). The van der Waals surface area contributed by atoms with Crippen LogP contribution in [0.3, 0.4) is 0 Å². The summed E-state index contributed by atoms with van der Waals surface area (Å²) in [6.45, 7) is -0.00721. The highest BCUT2D eigenvalue weighted by atomic mass is 15.2. The molecule has 4 heterocycles. The Morgan fingerprint density at radius 3 is 1.24 bits per heavy atom. The van der Waals surface area contributed by atoms with Crippen molar-refractivity contribution in [3.8, 4) is 84.1 Å². The molecule has 2 aliphatic heterocycles. The zero-order valence-corrected chi connectivity index (χ0v) is 48.0. The summed E-state index contributed by atoms with van der Waals surface area (Å²) in [5.41, 5.74) is 28.0. The van der Waals surface area contributed by atoms with Crippen molar-refractivity contribution in [1.29, 1.82) is 0 Å². The van der Waals surface area contributed by atoms with Gasteiger partial charge in [-0.05, 0) is 135 Å². The first-order chi connectivity index (χ1) is 43.7. The van der Waals surface area contributed by atoms with Gasteiger partial charge in [0.2, 0.25) is 0 Å². The Hall–Kier alpha value is -11.6. The highest BCUT2D eigenvalue weighted by Crippen LogP contribution is 2.49. The summed E-state index contributed by atoms with van der Waals surface area (Å²) >= 11 is 0. The molecular formula is C82H54BN5. The molecule has 0 saturated carbocycles. The summed E-state index contributed by atoms with van der Waals surface area (Å²) in [4.78, 5) is 15.6. The maximum atomic E-state index is 5.38. The van der Waals surface area contributed by atoms with E-state index in [0.29, 0.717) is 5.82 Å². The minimum absolute atomic E-state index is 0.00721. The molecule has 6 heteroatoms. The van der Waals surface area contributed by atoms with Crippen LogP contribution in [-0.2, 0) is 0 Å². The monoisotopic (exact) mass is 1120 g/mol. The van der Waals surface area contributed by atoms with Crippen molar-refractivity contribution in [3.63, 3.8) is 0 Å². The minimum Gasteiger partial charge on any atom is -0.311 e. The van der Waals surface area contributed by atoms with Crippen molar-refractivity contribution in [2.75, 3.05) is 9.80 Å². The second kappa shape index (κ2) is 21.2. The fourth-order valence-electron chi connectivity index (χ4n) is 13.8. The predicted molar refractivity (Wildman–Crippen MR) is 368 cm³/mol. The van der Waals surface area contributed by atoms with Crippen LogP contribution in [0, 0.1) is 0 Å². The fourth-order valence-corrected chi connectivity index (χ4v) is 13.8. The molecule has 0 unspecified atom stereocenters. The Morgan fingerprint density at radius 2 is 0.682 bits per heavy atom. The lowest BCUT2D eigenvalue weighted by atomic mass is 9.33. The van der Waals surface area contributed by atoms with Crippen molar-refractivity contribution in [3.05, 3.63) is 328 Å². The standard InChI is InChI=1S/C82H54BN5/c1-7-23-55(24-8-1)61-43-47-75-68(51-61)69-52-62(56-25-9-2-10-26-56)44-48-76(69)88(75)74-49-45-63(73-54-72(59-27-11-3-12-28-59)84-82(85-73)60-29-13-4-14-30-60)53-67(74)58-41-39-57(40-42-58)66-46-50-79-80-81(66)87(65-33-17-6-18-34-65)78-38-22-20-36-71(78)83(80)70-35-19-21-37-77(70)86(79)64-31-15-5-16-32-64/h1-54H. The molecule has 13 aromatic carbocycles. The highest BCUT2D eigenvalue weighted by Gasteiger charge is 2.44. The van der Waals surface area contributed by atoms with E-state index in [9.17, 15) is 0 Å². The quantitative estimate of drug-likeness (QED) is 0.128. The third kappa shape index (κ3) is 8.56. The number of para-hydroxylation sites is 4. The zero-order chi connectivity index (χ0) is 58.1. The summed E-state index contributed by atoms with van der Waals surface area (Å²) < 4.78 is 2.48. The van der Waals surface area contributed by atoms with Crippen LogP contribution in [0.4, 0.5) is 34.1 Å². The van der Waals surface area contributed by atoms with Crippen LogP contribution in [0.15, 0.2) is 328 Å². The lowest BCUT2D eigenvalue weighted by Gasteiger charge is -2.45. The first kappa shape index (κ1) is 50.9. The van der Waals surface area contributed by atoms with Crippen LogP contribution in [0.25, 0.3) is 106 Å². The van der Waals surface area contributed by atoms with Crippen LogP contribution < -0.4 is 26.2 Å². The summed E-state index contributed by atoms with van der Waals surface area (Å²) in [6.07, 6.45) is 0. The van der Waals surface area contributed by atoms with Crippen molar-refractivity contribution < 1.29 is 0 Å². The first-order valence-corrected chi connectivity index (χ1v) is 30.2. The van der Waals surface area contributed by atoms with Crippen LogP contribution in [0.1, 0.15) is 0 Å². The molecule has 2 aromatic heterocycles. The normalized spacial score (nSPS) is 12.2. The van der Waals surface area contributed by atoms with Gasteiger partial charge in [0.25, 0.3) is 6.71 Å². The topological polar surface area (TPSA) is 37.2 Å². The largest absolute Gasteiger partial charge is 0.311 e. The van der Waals surface area contributed by atoms with E-state index in [0.717, 1.165) is 78.4 Å². The number of hydrogen-bond donors (Lipinski definition) is 0. The molecule has 0 amide bonds. The van der Waals surface area contributed by atoms with Gasteiger partial charge in [0.05, 0.1) is 33.8 Å². The Labute approximate surface area is 512 Å². The summed E-state index contributed by atoms with van der Waals surface area (Å²) in [5.74, 6) is 0.677. The fraction of sp³-hybridized carbons (Fsp3) is 0. The van der Waals surface area contributed by atoms with E-state index in [2.05, 4.69) is 336 Å². The van der Waals surface area contributed by atoms with Crippen molar-refractivity contribution in [2.24, 2.45) is 0 Å². The smallest absolute Gasteiger partial charge is 0.252 e. The van der Waals surface area contributed by atoms with Crippen molar-refractivity contribution in [2.45, 2.75) is 0 Å². The van der Waals surface area contributed by atoms with E-state index >= 15 is 0 Å². The summed E-state index contributed by atoms with van der Waals surface area (Å²) in [6, 6.07) is 119. The number of anilines is 6. The Balaban J connectivity index is 0.894. The molecule has 5 nitrogen and oxygen atoms in total. The number of hydrogen-bond acceptors (Lipinski definition) is 4. The lowest BCUT2D eigenvalue weighted by molar-refractivity contribution is 1.17. The predicted octanol–water partition coefficient (Wildman–Crippen LogP) is 19.3. The van der Waals surface area contributed by atoms with Gasteiger partial charge in [-0.25, -0.2) is 9.97 Å². The van der Waals surface area contributed by atoms with Gasteiger partial charge in [0.15, 0.2) is 5.82 Å². The molecule has 2 aliphatic rings. The van der Waals surface area contributed by atoms with E-state index in [1.54, 1.807) is 0 Å². The molecule has 0 fully saturated rings. The molecule has 0 atom stereocenters. The lowest BCUT2D eigenvalue weighted by Crippen LogP contribution is -2.61. The van der Waals surface area contributed by atoms with Crippen LogP contribution in [0.2, 0.25) is 0 Å². The number of nitrogens with zero attached hydrogens (tertiary/aromatic N) is 5. The van der Waals surface area contributed by atoms with Gasteiger partial charge in [-0.15, -0.1) is 0 Å². The molecule has 0 bridgehead atoms. The number of fused-ring (bicyclic) bond motifs is 7. The van der Waals surface area contributed by atoms with Crippen molar-refractivity contribution >= 4 is 79.0 Å². The SMILES string of the molecule is c1ccc(-c2ccc3c(c2)c2cc(-c4ccccc4)ccc2n3-c2ccc(-c3cc(-c4ccccc4)nc(-c4ccccc4)n3)cc2-c2ccc(-c3ccc4c5c3N(c3ccccc3)c3ccccc3B5c3ccccc3N4c3ccccc3)cc2)cc1. The molecule has 0 radical (unpaired) electrons. The van der Waals surface area contributed by atoms with E-state index in [1.165, 1.54) is 72.2 Å². The van der Waals surface area contributed by atoms with E-state index in [4.69, 9.17) is 9.97 Å². The van der Waals surface area contributed by atoms with Gasteiger partial charge < -0.3 is 14.4 Å². The van der Waals surface area contributed by atoms with Crippen LogP contribution in [-0.4, -0.2) is 21.2 Å². The van der Waals surface area contributed by atoms with Crippen molar-refractivity contribution in [1.82, 2.24) is 14.5 Å². The van der Waals surface area contributed by atoms with Gasteiger partial charge in [-0.1, -0.05) is 243 Å². The molecule has 15 aromatic rings. The molecular weight excluding hydrogens is 1070 g/mol. The molecule has 410 valence electrons. The Morgan fingerprint density at radius 1 is 0.261 bits per heavy atom. The highest BCUT2D eigenvalue weighted by molar-refractivity contribution is 7.00. The summed E-state index contributed by atoms with van der Waals surface area (Å²) in [5, 5.41) is 2.38. The molecule has 0 N–H and O–H groups in total. The average molecular weight is 1120 g/mol. The van der Waals surface area contributed by atoms with Gasteiger partial charge in [-0.3, -0.25) is 0 Å². The van der Waals surface area contributed by atoms with Gasteiger partial charge in [0.1, 0.15) is 0 Å². The minimum atomic E-state index is -0.00721. The molecule has 0 aliphatic carbocycles. The first-order valence-electron chi connectivity index (χ1n) is 30.2. The van der Waals surface area contributed by atoms with E-state index in [1.807, 2.05) is 6.07 Å². The number of aromatic nitrogens is 3. The van der Waals surface area contributed by atoms with E-state index in [-0.39, 0.29) is 6.71 Å². The number of benzene rings is 13. The maximum absolute atomic E-state index is 5.38. The second-order valence-corrected chi connectivity index (χ2v) is 22.8. The second-order valence-electron chi connectivity index (χ2n) is 22.8. The number of rotatable bonds is 10. The van der Waals surface area contributed by atoms with E-state index < -0.39 is 0 Å². The van der Waals surface area contributed by atoms with Crippen LogP contribution >= 0.6 is 0 Å². The van der Waals surface area contributed by atoms with Gasteiger partial charge in [-0.2, -0.15) is 0 Å².